The summed E-state index contributed by atoms with van der Waals surface area (Å²) < 4.78 is -1.72. The Morgan fingerprint density at radius 3 is 1.88 bits per heavy atom. The average molecular weight is 373 g/mol. The number of halogens is 7. The minimum Gasteiger partial charge on any atom is -0.337 e. The lowest BCUT2D eigenvalue weighted by atomic mass is 10.3. The lowest BCUT2D eigenvalue weighted by molar-refractivity contribution is 1.05. The average Bonchev–Trinajstić information content (AvgIpc) is 2.67. The van der Waals surface area contributed by atoms with E-state index in [1.807, 2.05) is 0 Å². The summed E-state index contributed by atoms with van der Waals surface area (Å²) in [6.45, 7) is 0. The number of nitrogens with zero attached hydrogens (tertiary/aromatic N) is 1. The number of rotatable bonds is 0. The number of aromatic amines is 1. The smallest absolute Gasteiger partial charge is 0.248 e. The van der Waals surface area contributed by atoms with Crippen LogP contribution in [0.3, 0.4) is 0 Å². The van der Waals surface area contributed by atoms with Gasteiger partial charge in [0.2, 0.25) is 3.79 Å². The first kappa shape index (κ1) is 14.1. The molecular formula is C8HCl7N2. The lowest BCUT2D eigenvalue weighted by Crippen LogP contribution is -2.02. The van der Waals surface area contributed by atoms with Crippen molar-refractivity contribution in [1.82, 2.24) is 9.97 Å². The van der Waals surface area contributed by atoms with Crippen molar-refractivity contribution in [2.24, 2.45) is 0 Å². The number of H-pyrrole nitrogens is 1. The number of alkyl halides is 3. The van der Waals surface area contributed by atoms with E-state index in [0.29, 0.717) is 11.0 Å². The molecule has 2 aromatic rings. The van der Waals surface area contributed by atoms with Crippen LogP contribution in [0.5, 0.6) is 0 Å². The van der Waals surface area contributed by atoms with E-state index in [1.54, 1.807) is 0 Å². The number of aromatic nitrogens is 2. The van der Waals surface area contributed by atoms with Gasteiger partial charge in [0.15, 0.2) is 5.82 Å². The van der Waals surface area contributed by atoms with E-state index in [-0.39, 0.29) is 25.9 Å². The van der Waals surface area contributed by atoms with Crippen molar-refractivity contribution < 1.29 is 0 Å². The van der Waals surface area contributed by atoms with Crippen LogP contribution in [0.4, 0.5) is 0 Å². The minimum absolute atomic E-state index is 0.0830. The van der Waals surface area contributed by atoms with Crippen molar-refractivity contribution in [3.63, 3.8) is 0 Å². The molecule has 1 N–H and O–H groups in total. The molecule has 1 aromatic carbocycles. The molecule has 0 radical (unpaired) electrons. The molecule has 0 saturated carbocycles. The molecule has 0 spiro atoms. The second-order valence-electron chi connectivity index (χ2n) is 3.06. The monoisotopic (exact) mass is 370 g/mol. The van der Waals surface area contributed by atoms with Gasteiger partial charge in [-0.15, -0.1) is 0 Å². The van der Waals surface area contributed by atoms with E-state index < -0.39 is 3.79 Å². The second-order valence-corrected chi connectivity index (χ2v) is 6.86. The fourth-order valence-electron chi connectivity index (χ4n) is 1.23. The van der Waals surface area contributed by atoms with Crippen molar-refractivity contribution in [3.8, 4) is 0 Å². The van der Waals surface area contributed by atoms with E-state index in [0.717, 1.165) is 0 Å². The highest BCUT2D eigenvalue weighted by Gasteiger charge is 2.29. The van der Waals surface area contributed by atoms with Crippen LogP contribution < -0.4 is 0 Å². The Balaban J connectivity index is 2.86. The van der Waals surface area contributed by atoms with Crippen molar-refractivity contribution >= 4 is 92.2 Å². The van der Waals surface area contributed by atoms with Crippen LogP contribution in [0.1, 0.15) is 5.82 Å². The zero-order valence-electron chi connectivity index (χ0n) is 7.59. The fourth-order valence-corrected chi connectivity index (χ4v) is 2.43. The summed E-state index contributed by atoms with van der Waals surface area (Å²) in [7, 11) is 0. The van der Waals surface area contributed by atoms with Gasteiger partial charge in [-0.3, -0.25) is 0 Å². The number of fused-ring (bicyclic) bond motifs is 1. The summed E-state index contributed by atoms with van der Waals surface area (Å²) in [6, 6.07) is 0. The molecule has 17 heavy (non-hydrogen) atoms. The van der Waals surface area contributed by atoms with Gasteiger partial charge in [0.05, 0.1) is 25.6 Å². The van der Waals surface area contributed by atoms with Gasteiger partial charge < -0.3 is 4.98 Å². The van der Waals surface area contributed by atoms with Crippen LogP contribution in [0.15, 0.2) is 0 Å². The van der Waals surface area contributed by atoms with E-state index in [4.69, 9.17) is 81.2 Å². The van der Waals surface area contributed by atoms with Crippen LogP contribution in [-0.4, -0.2) is 9.97 Å². The van der Waals surface area contributed by atoms with Gasteiger partial charge in [0.25, 0.3) is 0 Å². The largest absolute Gasteiger partial charge is 0.337 e. The van der Waals surface area contributed by atoms with E-state index >= 15 is 0 Å². The summed E-state index contributed by atoms with van der Waals surface area (Å²) in [4.78, 5) is 6.78. The van der Waals surface area contributed by atoms with Crippen molar-refractivity contribution in [1.29, 1.82) is 0 Å². The predicted octanol–water partition coefficient (Wildman–Crippen LogP) is 6.00. The molecule has 0 aliphatic rings. The highest BCUT2D eigenvalue weighted by Crippen LogP contribution is 2.44. The number of hydrogen-bond acceptors (Lipinski definition) is 1. The molecule has 92 valence electrons. The van der Waals surface area contributed by atoms with Gasteiger partial charge in [-0.25, -0.2) is 4.98 Å². The van der Waals surface area contributed by atoms with Gasteiger partial charge in [-0.2, -0.15) is 0 Å². The van der Waals surface area contributed by atoms with E-state index in [9.17, 15) is 0 Å². The first-order valence-corrected chi connectivity index (χ1v) is 6.67. The number of benzene rings is 1. The molecule has 0 amide bonds. The van der Waals surface area contributed by atoms with Crippen molar-refractivity contribution in [3.05, 3.63) is 25.9 Å². The molecule has 9 heteroatoms. The number of hydrogen-bond donors (Lipinski definition) is 1. The van der Waals surface area contributed by atoms with Gasteiger partial charge in [0, 0.05) is 0 Å². The van der Waals surface area contributed by atoms with E-state index in [2.05, 4.69) is 9.97 Å². The quantitative estimate of drug-likeness (QED) is 0.342. The Kier molecular flexibility index (Phi) is 3.89. The highest BCUT2D eigenvalue weighted by molar-refractivity contribution is 6.66. The summed E-state index contributed by atoms with van der Waals surface area (Å²) in [5.41, 5.74) is 0.666. The molecule has 2 rings (SSSR count). The normalized spacial score (nSPS) is 12.4. The van der Waals surface area contributed by atoms with Gasteiger partial charge in [-0.1, -0.05) is 81.2 Å². The summed E-state index contributed by atoms with van der Waals surface area (Å²) in [5, 5.41) is 0.537. The van der Waals surface area contributed by atoms with Crippen molar-refractivity contribution in [2.45, 2.75) is 3.79 Å². The molecule has 0 bridgehead atoms. The summed E-state index contributed by atoms with van der Waals surface area (Å²) >= 11 is 40.8. The van der Waals surface area contributed by atoms with Gasteiger partial charge in [0.1, 0.15) is 5.52 Å². The third kappa shape index (κ3) is 2.42. The Labute approximate surface area is 131 Å². The van der Waals surface area contributed by atoms with Gasteiger partial charge in [-0.05, 0) is 0 Å². The highest BCUT2D eigenvalue weighted by atomic mass is 35.6. The Morgan fingerprint density at radius 1 is 0.824 bits per heavy atom. The molecule has 0 aliphatic heterocycles. The topological polar surface area (TPSA) is 28.7 Å². The first-order chi connectivity index (χ1) is 7.73. The molecule has 1 heterocycles. The second kappa shape index (κ2) is 4.68. The number of nitrogens with one attached hydrogen (secondary N) is 1. The minimum atomic E-state index is -1.72. The Morgan fingerprint density at radius 2 is 1.35 bits per heavy atom. The SMILES string of the molecule is Clc1c(Cl)c(Cl)c2[nH]c(C(Cl)(Cl)Cl)nc2c1Cl. The third-order valence-electron chi connectivity index (χ3n) is 1.98. The van der Waals surface area contributed by atoms with Crippen LogP contribution in [0.2, 0.25) is 20.1 Å². The van der Waals surface area contributed by atoms with Crippen LogP contribution in [0, 0.1) is 0 Å². The van der Waals surface area contributed by atoms with E-state index in [1.165, 1.54) is 0 Å². The maximum atomic E-state index is 5.99. The lowest BCUT2D eigenvalue weighted by Gasteiger charge is -2.04. The zero-order chi connectivity index (χ0) is 13.0. The molecule has 1 aromatic heterocycles. The molecule has 0 aliphatic carbocycles. The standard InChI is InChI=1S/C8HCl7N2/c9-1-2(10)4(12)6-5(3(1)11)16-7(17-6)8(13,14)15/h(H,16,17). The molecule has 0 unspecified atom stereocenters. The molecule has 0 atom stereocenters. The first-order valence-electron chi connectivity index (χ1n) is 4.02. The maximum Gasteiger partial charge on any atom is 0.248 e. The third-order valence-corrected chi connectivity index (χ3v) is 4.31. The Hall–Kier alpha value is 0.720. The molecule has 0 fully saturated rings. The van der Waals surface area contributed by atoms with Crippen LogP contribution in [-0.2, 0) is 3.79 Å². The maximum absolute atomic E-state index is 5.99. The van der Waals surface area contributed by atoms with Gasteiger partial charge >= 0.3 is 0 Å². The zero-order valence-corrected chi connectivity index (χ0v) is 12.9. The Bertz CT molecular complexity index is 553. The summed E-state index contributed by atoms with van der Waals surface area (Å²) in [6.07, 6.45) is 0. The van der Waals surface area contributed by atoms with Crippen LogP contribution >= 0.6 is 81.2 Å². The molecular weight excluding hydrogens is 372 g/mol. The number of imidazole rings is 1. The summed E-state index contributed by atoms with van der Waals surface area (Å²) in [5.74, 6) is 0.0830. The molecule has 0 saturated heterocycles. The molecule has 2 nitrogen and oxygen atoms in total. The van der Waals surface area contributed by atoms with Crippen LogP contribution in [0.25, 0.3) is 11.0 Å². The predicted molar refractivity (Wildman–Crippen MR) is 75.4 cm³/mol. The fraction of sp³-hybridized carbons (Fsp3) is 0.125. The van der Waals surface area contributed by atoms with Crippen molar-refractivity contribution in [2.75, 3.05) is 0 Å².